The van der Waals surface area contributed by atoms with Gasteiger partial charge in [-0.1, -0.05) is 13.8 Å². The van der Waals surface area contributed by atoms with Gasteiger partial charge in [-0.05, 0) is 30.2 Å². The number of nitrogens with zero attached hydrogens (tertiary/aromatic N) is 2. The van der Waals surface area contributed by atoms with E-state index in [0.29, 0.717) is 37.4 Å². The van der Waals surface area contributed by atoms with Gasteiger partial charge >= 0.3 is 0 Å². The highest BCUT2D eigenvalue weighted by molar-refractivity contribution is 5.87. The molecule has 5 rings (SSSR count). The monoisotopic (exact) mass is 416 g/mol. The molecule has 0 amide bonds. The fourth-order valence-electron chi connectivity index (χ4n) is 3.36. The third-order valence-corrected chi connectivity index (χ3v) is 4.99. The minimum Gasteiger partial charge on any atom is -0.473 e. The summed E-state index contributed by atoms with van der Waals surface area (Å²) in [6.45, 7) is 6.62. The highest BCUT2D eigenvalue weighted by Crippen LogP contribution is 2.43. The van der Waals surface area contributed by atoms with Gasteiger partial charge in [-0.2, -0.15) is 0 Å². The minimum absolute atomic E-state index is 0.0546. The van der Waals surface area contributed by atoms with E-state index >= 15 is 0 Å². The molecular formula is C22H22F2N2O4. The number of aromatic nitrogens is 2. The van der Waals surface area contributed by atoms with E-state index in [2.05, 4.69) is 18.9 Å². The first-order chi connectivity index (χ1) is 14.5. The van der Waals surface area contributed by atoms with Gasteiger partial charge in [0.2, 0.25) is 5.88 Å². The Morgan fingerprint density at radius 1 is 1.13 bits per heavy atom. The lowest BCUT2D eigenvalue weighted by Gasteiger charge is -2.12. The average molecular weight is 416 g/mol. The van der Waals surface area contributed by atoms with Crippen LogP contribution in [0.5, 0.6) is 17.4 Å². The number of ether oxygens (including phenoxy) is 4. The van der Waals surface area contributed by atoms with Crippen molar-refractivity contribution >= 4 is 10.9 Å². The van der Waals surface area contributed by atoms with Crippen molar-refractivity contribution in [2.45, 2.75) is 32.6 Å². The zero-order valence-electron chi connectivity index (χ0n) is 16.7. The molecule has 2 fully saturated rings. The maximum atomic E-state index is 14.2. The highest BCUT2D eigenvalue weighted by atomic mass is 19.1. The van der Waals surface area contributed by atoms with Crippen LogP contribution >= 0.6 is 0 Å². The molecule has 0 bridgehead atoms. The Balaban J connectivity index is 1.58. The first-order valence-electron chi connectivity index (χ1n) is 10.0. The zero-order valence-corrected chi connectivity index (χ0v) is 16.7. The van der Waals surface area contributed by atoms with Gasteiger partial charge in [0.05, 0.1) is 24.1 Å². The van der Waals surface area contributed by atoms with Crippen molar-refractivity contribution in [3.63, 3.8) is 0 Å². The maximum absolute atomic E-state index is 14.2. The van der Waals surface area contributed by atoms with Crippen molar-refractivity contribution < 1.29 is 27.7 Å². The van der Waals surface area contributed by atoms with Gasteiger partial charge < -0.3 is 18.9 Å². The molecule has 0 spiro atoms. The van der Waals surface area contributed by atoms with Crippen molar-refractivity contribution in [3.8, 4) is 17.4 Å². The molecule has 0 saturated carbocycles. The summed E-state index contributed by atoms with van der Waals surface area (Å²) in [5.74, 6) is -0.177. The van der Waals surface area contributed by atoms with Crippen LogP contribution in [0.2, 0.25) is 0 Å². The molecule has 0 aliphatic carbocycles. The molecule has 2 saturated heterocycles. The first kappa shape index (κ1) is 19.3. The predicted molar refractivity (Wildman–Crippen MR) is 105 cm³/mol. The number of rotatable bonds is 8. The average Bonchev–Trinajstić information content (AvgIpc) is 3.61. The lowest BCUT2D eigenvalue weighted by molar-refractivity contribution is 0.254. The van der Waals surface area contributed by atoms with E-state index in [1.807, 2.05) is 10.7 Å². The van der Waals surface area contributed by atoms with Crippen molar-refractivity contribution in [2.75, 3.05) is 19.8 Å². The van der Waals surface area contributed by atoms with E-state index in [0.717, 1.165) is 35.1 Å². The van der Waals surface area contributed by atoms with Crippen LogP contribution in [0.15, 0.2) is 30.3 Å². The summed E-state index contributed by atoms with van der Waals surface area (Å²) in [4.78, 5) is 0. The van der Waals surface area contributed by atoms with E-state index in [4.69, 9.17) is 18.9 Å². The van der Waals surface area contributed by atoms with Crippen LogP contribution in [-0.4, -0.2) is 35.7 Å². The molecule has 2 aliphatic heterocycles. The number of fused-ring (bicyclic) bond motifs is 1. The Morgan fingerprint density at radius 3 is 2.60 bits per heavy atom. The van der Waals surface area contributed by atoms with Crippen LogP contribution in [0.3, 0.4) is 0 Å². The molecule has 0 N–H and O–H groups in total. The molecule has 3 aromatic rings. The predicted octanol–water partition coefficient (Wildman–Crippen LogP) is 4.61. The molecule has 158 valence electrons. The molecule has 30 heavy (non-hydrogen) atoms. The Labute approximate surface area is 172 Å². The van der Waals surface area contributed by atoms with Gasteiger partial charge in [0.15, 0.2) is 11.6 Å². The largest absolute Gasteiger partial charge is 0.473 e. The Hall–Kier alpha value is -2.71. The molecule has 0 radical (unpaired) electrons. The van der Waals surface area contributed by atoms with Crippen LogP contribution < -0.4 is 9.47 Å². The van der Waals surface area contributed by atoms with Crippen molar-refractivity contribution in [3.05, 3.63) is 47.5 Å². The second-order valence-electron chi connectivity index (χ2n) is 8.05. The second-order valence-corrected chi connectivity index (χ2v) is 8.05. The van der Waals surface area contributed by atoms with Crippen LogP contribution in [-0.2, 0) is 16.0 Å². The van der Waals surface area contributed by atoms with Crippen molar-refractivity contribution in [2.24, 2.45) is 5.92 Å². The topological polar surface area (TPSA) is 61.3 Å². The van der Waals surface area contributed by atoms with Crippen LogP contribution in [0, 0.1) is 17.6 Å². The van der Waals surface area contributed by atoms with Gasteiger partial charge in [-0.15, -0.1) is 5.10 Å². The number of epoxide rings is 2. The molecule has 2 unspecified atom stereocenters. The first-order valence-corrected chi connectivity index (χ1v) is 10.0. The van der Waals surface area contributed by atoms with Crippen LogP contribution in [0.4, 0.5) is 8.78 Å². The summed E-state index contributed by atoms with van der Waals surface area (Å²) in [5.41, 5.74) is 1.70. The molecule has 2 aromatic carbocycles. The van der Waals surface area contributed by atoms with Gasteiger partial charge in [-0.25, -0.2) is 8.78 Å². The Bertz CT molecular complexity index is 1090. The quantitative estimate of drug-likeness (QED) is 0.502. The maximum Gasteiger partial charge on any atom is 0.241 e. The summed E-state index contributed by atoms with van der Waals surface area (Å²) >= 11 is 0. The van der Waals surface area contributed by atoms with Gasteiger partial charge in [0, 0.05) is 18.2 Å². The molecule has 3 heterocycles. The van der Waals surface area contributed by atoms with E-state index in [9.17, 15) is 8.78 Å². The Morgan fingerprint density at radius 2 is 1.93 bits per heavy atom. The zero-order chi connectivity index (χ0) is 20.8. The van der Waals surface area contributed by atoms with E-state index < -0.39 is 11.6 Å². The lowest BCUT2D eigenvalue weighted by atomic mass is 10.1. The Kier molecular flexibility index (Phi) is 4.83. The summed E-state index contributed by atoms with van der Waals surface area (Å²) in [6, 6.07) is 6.99. The summed E-state index contributed by atoms with van der Waals surface area (Å²) in [5, 5.41) is 5.41. The van der Waals surface area contributed by atoms with Gasteiger partial charge in [0.25, 0.3) is 0 Å². The SMILES string of the molecule is CC(C)Cn1nc(OCC2CO2)c2cc(Oc3ccc(F)cc3F)c(C3CO3)cc21. The van der Waals surface area contributed by atoms with E-state index in [-0.39, 0.29) is 18.0 Å². The molecule has 2 aliphatic rings. The number of halogens is 2. The third-order valence-electron chi connectivity index (χ3n) is 4.99. The van der Waals surface area contributed by atoms with Gasteiger partial charge in [-0.3, -0.25) is 4.68 Å². The summed E-state index contributed by atoms with van der Waals surface area (Å²) in [7, 11) is 0. The van der Waals surface area contributed by atoms with Gasteiger partial charge in [0.1, 0.15) is 30.4 Å². The number of hydrogen-bond donors (Lipinski definition) is 0. The molecular weight excluding hydrogens is 394 g/mol. The second kappa shape index (κ2) is 7.52. The third kappa shape index (κ3) is 3.97. The summed E-state index contributed by atoms with van der Waals surface area (Å²) < 4.78 is 51.8. The fourth-order valence-corrected chi connectivity index (χ4v) is 3.36. The normalized spacial score (nSPS) is 20.0. The smallest absolute Gasteiger partial charge is 0.241 e. The molecule has 6 nitrogen and oxygen atoms in total. The summed E-state index contributed by atoms with van der Waals surface area (Å²) in [6.07, 6.45) is -0.0296. The minimum atomic E-state index is -0.768. The highest BCUT2D eigenvalue weighted by Gasteiger charge is 2.31. The fraction of sp³-hybridized carbons (Fsp3) is 0.409. The number of benzene rings is 2. The number of hydrogen-bond acceptors (Lipinski definition) is 5. The van der Waals surface area contributed by atoms with Crippen LogP contribution in [0.1, 0.15) is 25.5 Å². The van der Waals surface area contributed by atoms with E-state index in [1.165, 1.54) is 6.07 Å². The molecule has 1 aromatic heterocycles. The molecule has 8 heteroatoms. The standard InChI is InChI=1S/C22H22F2N2O4/c1-12(2)8-26-18-6-16(21-11-28-21)20(30-19-4-3-13(23)5-17(19)24)7-15(18)22(25-26)29-10-14-9-27-14/h3-7,12,14,21H,8-11H2,1-2H3. The van der Waals surface area contributed by atoms with Crippen molar-refractivity contribution in [1.82, 2.24) is 9.78 Å². The lowest BCUT2D eigenvalue weighted by Crippen LogP contribution is -2.08. The van der Waals surface area contributed by atoms with Crippen molar-refractivity contribution in [1.29, 1.82) is 0 Å². The van der Waals surface area contributed by atoms with Crippen LogP contribution in [0.25, 0.3) is 10.9 Å². The molecule has 2 atom stereocenters. The van der Waals surface area contributed by atoms with E-state index in [1.54, 1.807) is 6.07 Å².